The number of nitrogens with zero attached hydrogens (tertiary/aromatic N) is 1. The Bertz CT molecular complexity index is 334. The lowest BCUT2D eigenvalue weighted by atomic mass is 9.98. The molecule has 82 valence electrons. The molecular weight excluding hydrogens is 200 g/mol. The quantitative estimate of drug-likeness (QED) is 0.694. The van der Waals surface area contributed by atoms with E-state index in [1.54, 1.807) is 0 Å². The van der Waals surface area contributed by atoms with Gasteiger partial charge in [-0.1, -0.05) is 0 Å². The highest BCUT2D eigenvalue weighted by molar-refractivity contribution is 5.73. The van der Waals surface area contributed by atoms with E-state index in [4.69, 9.17) is 5.11 Å². The SMILES string of the molecule is COC(=O)CC(CC(=O)O)c1cnc[nH]1. The number of carboxylic acids is 1. The molecule has 0 aromatic carbocycles. The smallest absolute Gasteiger partial charge is 0.306 e. The summed E-state index contributed by atoms with van der Waals surface area (Å²) in [5.74, 6) is -1.81. The largest absolute Gasteiger partial charge is 0.481 e. The topological polar surface area (TPSA) is 92.3 Å². The lowest BCUT2D eigenvalue weighted by Crippen LogP contribution is -2.12. The van der Waals surface area contributed by atoms with Crippen LogP contribution in [-0.4, -0.2) is 34.1 Å². The average Bonchev–Trinajstić information content (AvgIpc) is 2.68. The predicted molar refractivity (Wildman–Crippen MR) is 50.2 cm³/mol. The van der Waals surface area contributed by atoms with Crippen molar-refractivity contribution in [1.29, 1.82) is 0 Å². The summed E-state index contributed by atoms with van der Waals surface area (Å²) < 4.78 is 4.49. The van der Waals surface area contributed by atoms with Gasteiger partial charge in [0.2, 0.25) is 0 Å². The molecule has 1 aromatic heterocycles. The fourth-order valence-electron chi connectivity index (χ4n) is 1.28. The van der Waals surface area contributed by atoms with Crippen molar-refractivity contribution in [2.45, 2.75) is 18.8 Å². The first kappa shape index (κ1) is 11.2. The van der Waals surface area contributed by atoms with Crippen LogP contribution in [0.15, 0.2) is 12.5 Å². The number of carboxylic acid groups (broad SMARTS) is 1. The van der Waals surface area contributed by atoms with Crippen molar-refractivity contribution in [2.24, 2.45) is 0 Å². The number of methoxy groups -OCH3 is 1. The molecule has 0 aliphatic carbocycles. The van der Waals surface area contributed by atoms with Crippen LogP contribution in [0.3, 0.4) is 0 Å². The number of aromatic amines is 1. The highest BCUT2D eigenvalue weighted by Gasteiger charge is 2.20. The van der Waals surface area contributed by atoms with Crippen molar-refractivity contribution >= 4 is 11.9 Å². The average molecular weight is 212 g/mol. The molecule has 1 aromatic rings. The van der Waals surface area contributed by atoms with Crippen molar-refractivity contribution in [1.82, 2.24) is 9.97 Å². The Morgan fingerprint density at radius 1 is 1.60 bits per heavy atom. The van der Waals surface area contributed by atoms with Gasteiger partial charge in [0.15, 0.2) is 0 Å². The Labute approximate surface area is 86.3 Å². The molecule has 0 radical (unpaired) electrons. The number of esters is 1. The molecule has 0 saturated heterocycles. The van der Waals surface area contributed by atoms with Gasteiger partial charge in [0, 0.05) is 17.8 Å². The first-order chi connectivity index (χ1) is 7.13. The third-order valence-electron chi connectivity index (χ3n) is 2.02. The first-order valence-electron chi connectivity index (χ1n) is 4.40. The van der Waals surface area contributed by atoms with Crippen LogP contribution in [0.4, 0.5) is 0 Å². The molecule has 1 rings (SSSR count). The van der Waals surface area contributed by atoms with Crippen molar-refractivity contribution < 1.29 is 19.4 Å². The van der Waals surface area contributed by atoms with E-state index in [0.29, 0.717) is 5.69 Å². The van der Waals surface area contributed by atoms with Gasteiger partial charge in [0.1, 0.15) is 0 Å². The molecule has 0 amide bonds. The van der Waals surface area contributed by atoms with Gasteiger partial charge in [-0.2, -0.15) is 0 Å². The fourth-order valence-corrected chi connectivity index (χ4v) is 1.28. The van der Waals surface area contributed by atoms with Crippen LogP contribution in [0.25, 0.3) is 0 Å². The number of ether oxygens (including phenoxy) is 1. The molecule has 1 heterocycles. The molecule has 2 N–H and O–H groups in total. The Kier molecular flexibility index (Phi) is 3.84. The zero-order valence-corrected chi connectivity index (χ0v) is 8.27. The minimum atomic E-state index is -0.960. The first-order valence-corrected chi connectivity index (χ1v) is 4.40. The van der Waals surface area contributed by atoms with Gasteiger partial charge in [0.25, 0.3) is 0 Å². The molecule has 0 saturated carbocycles. The van der Waals surface area contributed by atoms with Crippen LogP contribution in [-0.2, 0) is 14.3 Å². The van der Waals surface area contributed by atoms with Crippen LogP contribution < -0.4 is 0 Å². The predicted octanol–water partition coefficient (Wildman–Crippen LogP) is 0.531. The summed E-state index contributed by atoms with van der Waals surface area (Å²) >= 11 is 0. The zero-order chi connectivity index (χ0) is 11.3. The number of imidazole rings is 1. The lowest BCUT2D eigenvalue weighted by Gasteiger charge is -2.10. The number of hydrogen-bond acceptors (Lipinski definition) is 4. The zero-order valence-electron chi connectivity index (χ0n) is 8.27. The third kappa shape index (κ3) is 3.41. The highest BCUT2D eigenvalue weighted by Crippen LogP contribution is 2.21. The van der Waals surface area contributed by atoms with E-state index < -0.39 is 17.9 Å². The highest BCUT2D eigenvalue weighted by atomic mass is 16.5. The van der Waals surface area contributed by atoms with Crippen molar-refractivity contribution in [3.8, 4) is 0 Å². The number of H-pyrrole nitrogens is 1. The molecule has 6 heteroatoms. The minimum Gasteiger partial charge on any atom is -0.481 e. The van der Waals surface area contributed by atoms with Gasteiger partial charge in [0.05, 0.1) is 26.3 Å². The molecule has 0 fully saturated rings. The summed E-state index contributed by atoms with van der Waals surface area (Å²) in [6.45, 7) is 0. The second-order valence-electron chi connectivity index (χ2n) is 3.08. The molecule has 1 unspecified atom stereocenters. The van der Waals surface area contributed by atoms with E-state index >= 15 is 0 Å². The normalized spacial score (nSPS) is 12.1. The van der Waals surface area contributed by atoms with Crippen LogP contribution in [0.1, 0.15) is 24.5 Å². The summed E-state index contributed by atoms with van der Waals surface area (Å²) in [6, 6.07) is 0. The minimum absolute atomic E-state index is 0.0327. The number of aromatic nitrogens is 2. The van der Waals surface area contributed by atoms with E-state index in [1.807, 2.05) is 0 Å². The van der Waals surface area contributed by atoms with E-state index in [0.717, 1.165) is 0 Å². The van der Waals surface area contributed by atoms with Gasteiger partial charge < -0.3 is 14.8 Å². The van der Waals surface area contributed by atoms with Crippen LogP contribution in [0, 0.1) is 0 Å². The van der Waals surface area contributed by atoms with Gasteiger partial charge in [-0.25, -0.2) is 4.98 Å². The van der Waals surface area contributed by atoms with E-state index in [-0.39, 0.29) is 12.8 Å². The maximum atomic E-state index is 11.0. The number of hydrogen-bond donors (Lipinski definition) is 2. The van der Waals surface area contributed by atoms with Crippen molar-refractivity contribution in [3.05, 3.63) is 18.2 Å². The molecule has 0 aliphatic heterocycles. The second kappa shape index (κ2) is 5.14. The molecule has 0 spiro atoms. The number of carbonyl (C=O) groups excluding carboxylic acids is 1. The monoisotopic (exact) mass is 212 g/mol. The number of carbonyl (C=O) groups is 2. The molecular formula is C9H12N2O4. The van der Waals surface area contributed by atoms with Crippen LogP contribution in [0.2, 0.25) is 0 Å². The van der Waals surface area contributed by atoms with Gasteiger partial charge in [-0.3, -0.25) is 9.59 Å². The molecule has 0 aliphatic rings. The number of rotatable bonds is 5. The number of nitrogens with one attached hydrogen (secondary N) is 1. The van der Waals surface area contributed by atoms with Gasteiger partial charge in [-0.15, -0.1) is 0 Å². The van der Waals surface area contributed by atoms with Crippen LogP contribution >= 0.6 is 0 Å². The third-order valence-corrected chi connectivity index (χ3v) is 2.02. The summed E-state index contributed by atoms with van der Waals surface area (Å²) in [4.78, 5) is 28.2. The van der Waals surface area contributed by atoms with E-state index in [2.05, 4.69) is 14.7 Å². The summed E-state index contributed by atoms with van der Waals surface area (Å²) in [5, 5.41) is 8.68. The van der Waals surface area contributed by atoms with Crippen LogP contribution in [0.5, 0.6) is 0 Å². The maximum Gasteiger partial charge on any atom is 0.306 e. The Morgan fingerprint density at radius 2 is 2.33 bits per heavy atom. The Morgan fingerprint density at radius 3 is 2.80 bits per heavy atom. The summed E-state index contributed by atoms with van der Waals surface area (Å²) in [7, 11) is 1.27. The standard InChI is InChI=1S/C9H12N2O4/c1-15-9(14)3-6(2-8(12)13)7-4-10-5-11-7/h4-6H,2-3H2,1H3,(H,10,11)(H,12,13). The van der Waals surface area contributed by atoms with Crippen molar-refractivity contribution in [2.75, 3.05) is 7.11 Å². The van der Waals surface area contributed by atoms with E-state index in [9.17, 15) is 9.59 Å². The molecule has 1 atom stereocenters. The Hall–Kier alpha value is -1.85. The van der Waals surface area contributed by atoms with Crippen molar-refractivity contribution in [3.63, 3.8) is 0 Å². The Balaban J connectivity index is 2.70. The maximum absolute atomic E-state index is 11.0. The van der Waals surface area contributed by atoms with Gasteiger partial charge >= 0.3 is 11.9 Å². The number of aliphatic carboxylic acids is 1. The summed E-state index contributed by atoms with van der Waals surface area (Å²) in [6.07, 6.45) is 2.86. The molecule has 6 nitrogen and oxygen atoms in total. The lowest BCUT2D eigenvalue weighted by molar-refractivity contribution is -0.141. The fraction of sp³-hybridized carbons (Fsp3) is 0.444. The van der Waals surface area contributed by atoms with E-state index in [1.165, 1.54) is 19.6 Å². The van der Waals surface area contributed by atoms with Gasteiger partial charge in [-0.05, 0) is 0 Å². The molecule has 0 bridgehead atoms. The molecule has 15 heavy (non-hydrogen) atoms. The second-order valence-corrected chi connectivity index (χ2v) is 3.08. The summed E-state index contributed by atoms with van der Waals surface area (Å²) in [5.41, 5.74) is 0.628.